The molecule has 3 N–H and O–H groups in total. The van der Waals surface area contributed by atoms with E-state index in [1.54, 1.807) is 0 Å². The number of halogens is 1. The summed E-state index contributed by atoms with van der Waals surface area (Å²) in [4.78, 5) is 4.25. The van der Waals surface area contributed by atoms with Gasteiger partial charge in [0.2, 0.25) is 0 Å². The summed E-state index contributed by atoms with van der Waals surface area (Å²) in [6.07, 6.45) is 6.29. The van der Waals surface area contributed by atoms with Crippen LogP contribution in [0.15, 0.2) is 15.6 Å². The van der Waals surface area contributed by atoms with E-state index in [1.807, 2.05) is 13.0 Å². The number of hydrogen-bond donors (Lipinski definition) is 2. The zero-order valence-electron chi connectivity index (χ0n) is 10.7. The molecule has 1 aliphatic carbocycles. The Morgan fingerprint density at radius 3 is 2.83 bits per heavy atom. The Balaban J connectivity index is 0.00000162. The maximum atomic E-state index is 5.84. The number of nitrogens with zero attached hydrogens (tertiary/aromatic N) is 2. The molecule has 0 bridgehead atoms. The van der Waals surface area contributed by atoms with Crippen molar-refractivity contribution in [2.24, 2.45) is 10.7 Å². The van der Waals surface area contributed by atoms with Crippen LogP contribution in [0, 0.1) is 6.92 Å². The van der Waals surface area contributed by atoms with Gasteiger partial charge in [0.05, 0.1) is 5.69 Å². The van der Waals surface area contributed by atoms with Crippen LogP contribution in [0.3, 0.4) is 0 Å². The molecule has 1 aliphatic rings. The first-order valence-corrected chi connectivity index (χ1v) is 6.22. The van der Waals surface area contributed by atoms with Gasteiger partial charge in [-0.25, -0.2) is 4.99 Å². The molecular formula is C12H21IN4O. The number of guanidine groups is 1. The lowest BCUT2D eigenvalue weighted by molar-refractivity contribution is 0.380. The standard InChI is InChI=1S/C12H20N4O.HI/c1-9-7-11(17-16-9)8-14-12(13)15-10-5-3-2-4-6-10;/h7,10H,2-6,8H2,1H3,(H3,13,14,15);1H. The molecule has 0 atom stereocenters. The van der Waals surface area contributed by atoms with E-state index in [1.165, 1.54) is 32.1 Å². The van der Waals surface area contributed by atoms with Gasteiger partial charge < -0.3 is 15.6 Å². The highest BCUT2D eigenvalue weighted by atomic mass is 127. The predicted octanol–water partition coefficient (Wildman–Crippen LogP) is 2.34. The van der Waals surface area contributed by atoms with Crippen LogP contribution in [0.5, 0.6) is 0 Å². The topological polar surface area (TPSA) is 76.4 Å². The second-order valence-corrected chi connectivity index (χ2v) is 4.62. The maximum absolute atomic E-state index is 5.84. The van der Waals surface area contributed by atoms with E-state index in [0.29, 0.717) is 18.5 Å². The summed E-state index contributed by atoms with van der Waals surface area (Å²) in [7, 11) is 0. The monoisotopic (exact) mass is 364 g/mol. The summed E-state index contributed by atoms with van der Waals surface area (Å²) in [5.74, 6) is 1.25. The van der Waals surface area contributed by atoms with Crippen molar-refractivity contribution >= 4 is 29.9 Å². The third kappa shape index (κ3) is 4.83. The molecule has 5 nitrogen and oxygen atoms in total. The van der Waals surface area contributed by atoms with Crippen molar-refractivity contribution in [3.8, 4) is 0 Å². The fourth-order valence-electron chi connectivity index (χ4n) is 2.16. The van der Waals surface area contributed by atoms with Crippen LogP contribution in [-0.2, 0) is 6.54 Å². The van der Waals surface area contributed by atoms with E-state index in [9.17, 15) is 0 Å². The van der Waals surface area contributed by atoms with Crippen molar-refractivity contribution in [1.29, 1.82) is 0 Å². The number of nitrogens with two attached hydrogens (primary N) is 1. The fraction of sp³-hybridized carbons (Fsp3) is 0.667. The summed E-state index contributed by atoms with van der Waals surface area (Å²) < 4.78 is 5.06. The van der Waals surface area contributed by atoms with Crippen LogP contribution in [0.2, 0.25) is 0 Å². The van der Waals surface area contributed by atoms with Crippen molar-refractivity contribution in [2.75, 3.05) is 0 Å². The van der Waals surface area contributed by atoms with Crippen LogP contribution in [-0.4, -0.2) is 17.2 Å². The molecule has 0 aromatic carbocycles. The molecule has 1 aromatic rings. The van der Waals surface area contributed by atoms with Gasteiger partial charge in [0.25, 0.3) is 0 Å². The molecule has 0 spiro atoms. The first-order chi connectivity index (χ1) is 8.24. The molecular weight excluding hydrogens is 343 g/mol. The van der Waals surface area contributed by atoms with E-state index >= 15 is 0 Å². The minimum Gasteiger partial charge on any atom is -0.370 e. The Morgan fingerprint density at radius 2 is 2.22 bits per heavy atom. The van der Waals surface area contributed by atoms with Gasteiger partial charge in [0, 0.05) is 12.1 Å². The Kier molecular flexibility index (Phi) is 6.45. The van der Waals surface area contributed by atoms with Gasteiger partial charge in [-0.15, -0.1) is 24.0 Å². The van der Waals surface area contributed by atoms with E-state index < -0.39 is 0 Å². The molecule has 18 heavy (non-hydrogen) atoms. The maximum Gasteiger partial charge on any atom is 0.189 e. The minimum absolute atomic E-state index is 0. The molecule has 6 heteroatoms. The largest absolute Gasteiger partial charge is 0.370 e. The van der Waals surface area contributed by atoms with Crippen LogP contribution < -0.4 is 11.1 Å². The van der Waals surface area contributed by atoms with Crippen molar-refractivity contribution < 1.29 is 4.52 Å². The Labute approximate surface area is 125 Å². The molecule has 1 fully saturated rings. The Morgan fingerprint density at radius 1 is 1.50 bits per heavy atom. The molecule has 1 saturated carbocycles. The first kappa shape index (κ1) is 15.3. The van der Waals surface area contributed by atoms with Gasteiger partial charge in [-0.3, -0.25) is 0 Å². The zero-order valence-corrected chi connectivity index (χ0v) is 13.0. The fourth-order valence-corrected chi connectivity index (χ4v) is 2.16. The Hall–Kier alpha value is -0.790. The molecule has 0 unspecified atom stereocenters. The molecule has 1 aromatic heterocycles. The quantitative estimate of drug-likeness (QED) is 0.490. The predicted molar refractivity (Wildman–Crippen MR) is 82.0 cm³/mol. The van der Waals surface area contributed by atoms with Crippen molar-refractivity contribution in [3.63, 3.8) is 0 Å². The van der Waals surface area contributed by atoms with Gasteiger partial charge in [-0.2, -0.15) is 0 Å². The van der Waals surface area contributed by atoms with Crippen molar-refractivity contribution in [3.05, 3.63) is 17.5 Å². The molecule has 0 aliphatic heterocycles. The lowest BCUT2D eigenvalue weighted by Crippen LogP contribution is -2.41. The lowest BCUT2D eigenvalue weighted by atomic mass is 9.96. The van der Waals surface area contributed by atoms with Gasteiger partial charge >= 0.3 is 0 Å². The van der Waals surface area contributed by atoms with Gasteiger partial charge in [0.1, 0.15) is 6.54 Å². The smallest absolute Gasteiger partial charge is 0.189 e. The Bertz CT molecular complexity index is 385. The van der Waals surface area contributed by atoms with Gasteiger partial charge in [-0.05, 0) is 19.8 Å². The van der Waals surface area contributed by atoms with E-state index in [4.69, 9.17) is 10.3 Å². The van der Waals surface area contributed by atoms with Gasteiger partial charge in [-0.1, -0.05) is 24.4 Å². The van der Waals surface area contributed by atoms with Crippen LogP contribution in [0.1, 0.15) is 43.6 Å². The summed E-state index contributed by atoms with van der Waals surface area (Å²) >= 11 is 0. The SMILES string of the molecule is Cc1cc(CN=C(N)NC2CCCCC2)on1.I. The average Bonchev–Trinajstić information content (AvgIpc) is 2.74. The summed E-state index contributed by atoms with van der Waals surface area (Å²) in [6, 6.07) is 2.36. The van der Waals surface area contributed by atoms with E-state index in [0.717, 1.165) is 11.5 Å². The summed E-state index contributed by atoms with van der Waals surface area (Å²) in [6.45, 7) is 2.34. The first-order valence-electron chi connectivity index (χ1n) is 6.22. The van der Waals surface area contributed by atoms with Crippen LogP contribution in [0.25, 0.3) is 0 Å². The number of aryl methyl sites for hydroxylation is 1. The second kappa shape index (κ2) is 7.60. The second-order valence-electron chi connectivity index (χ2n) is 4.62. The summed E-state index contributed by atoms with van der Waals surface area (Å²) in [5.41, 5.74) is 6.71. The van der Waals surface area contributed by atoms with Crippen LogP contribution in [0.4, 0.5) is 0 Å². The third-order valence-corrected chi connectivity index (χ3v) is 3.04. The molecule has 1 heterocycles. The molecule has 0 radical (unpaired) electrons. The summed E-state index contributed by atoms with van der Waals surface area (Å²) in [5, 5.41) is 7.07. The van der Waals surface area contributed by atoms with Crippen LogP contribution >= 0.6 is 24.0 Å². The highest BCUT2D eigenvalue weighted by Crippen LogP contribution is 2.17. The number of aliphatic imine (C=N–C) groups is 1. The van der Waals surface area contributed by atoms with E-state index in [2.05, 4.69) is 15.5 Å². The zero-order chi connectivity index (χ0) is 12.1. The molecule has 0 amide bonds. The average molecular weight is 364 g/mol. The lowest BCUT2D eigenvalue weighted by Gasteiger charge is -2.23. The highest BCUT2D eigenvalue weighted by Gasteiger charge is 2.13. The highest BCUT2D eigenvalue weighted by molar-refractivity contribution is 14.0. The van der Waals surface area contributed by atoms with Crippen molar-refractivity contribution in [2.45, 2.75) is 51.6 Å². The number of rotatable bonds is 3. The van der Waals surface area contributed by atoms with E-state index in [-0.39, 0.29) is 24.0 Å². The minimum atomic E-state index is 0. The third-order valence-electron chi connectivity index (χ3n) is 3.04. The van der Waals surface area contributed by atoms with Crippen molar-refractivity contribution in [1.82, 2.24) is 10.5 Å². The normalized spacial score (nSPS) is 17.3. The number of aromatic nitrogens is 1. The number of hydrogen-bond acceptors (Lipinski definition) is 3. The molecule has 2 rings (SSSR count). The number of nitrogens with one attached hydrogen (secondary N) is 1. The van der Waals surface area contributed by atoms with Gasteiger partial charge in [0.15, 0.2) is 11.7 Å². The molecule has 102 valence electrons. The molecule has 0 saturated heterocycles.